The van der Waals surface area contributed by atoms with Gasteiger partial charge in [-0.15, -0.1) is 0 Å². The largest absolute Gasteiger partial charge is 0.340 e. The molecule has 4 heteroatoms. The molecular formula is C19H29N3O. The van der Waals surface area contributed by atoms with Crippen LogP contribution in [0.4, 0.5) is 0 Å². The first-order chi connectivity index (χ1) is 11.3. The first kappa shape index (κ1) is 16.5. The minimum atomic E-state index is 0.343. The van der Waals surface area contributed by atoms with E-state index < -0.39 is 0 Å². The number of piperidine rings is 1. The van der Waals surface area contributed by atoms with E-state index in [-0.39, 0.29) is 0 Å². The molecule has 0 atom stereocenters. The molecule has 1 aromatic carbocycles. The normalized spacial score (nSPS) is 20.6. The van der Waals surface area contributed by atoms with Crippen LogP contribution in [0.25, 0.3) is 0 Å². The molecule has 4 nitrogen and oxygen atoms in total. The molecule has 0 aromatic heterocycles. The summed E-state index contributed by atoms with van der Waals surface area (Å²) in [4.78, 5) is 19.3. The highest BCUT2D eigenvalue weighted by atomic mass is 16.2. The van der Waals surface area contributed by atoms with Crippen LogP contribution in [-0.4, -0.2) is 66.4 Å². The van der Waals surface area contributed by atoms with Crippen molar-refractivity contribution in [2.24, 2.45) is 0 Å². The summed E-state index contributed by atoms with van der Waals surface area (Å²) in [5.74, 6) is 0.343. The monoisotopic (exact) mass is 315 g/mol. The molecule has 2 aliphatic heterocycles. The van der Waals surface area contributed by atoms with Gasteiger partial charge in [-0.1, -0.05) is 36.8 Å². The minimum absolute atomic E-state index is 0.343. The van der Waals surface area contributed by atoms with Crippen molar-refractivity contribution in [2.75, 3.05) is 45.8 Å². The summed E-state index contributed by atoms with van der Waals surface area (Å²) >= 11 is 0. The van der Waals surface area contributed by atoms with Crippen LogP contribution in [-0.2, 0) is 11.3 Å². The smallest absolute Gasteiger partial charge is 0.223 e. The molecule has 0 unspecified atom stereocenters. The maximum atomic E-state index is 12.4. The molecule has 1 aromatic rings. The molecule has 0 radical (unpaired) electrons. The van der Waals surface area contributed by atoms with Crippen LogP contribution in [0.3, 0.4) is 0 Å². The molecule has 0 aliphatic carbocycles. The van der Waals surface area contributed by atoms with Crippen molar-refractivity contribution in [3.8, 4) is 0 Å². The second kappa shape index (κ2) is 8.46. The molecule has 2 saturated heterocycles. The van der Waals surface area contributed by atoms with Crippen molar-refractivity contribution in [1.82, 2.24) is 14.7 Å². The summed E-state index contributed by atoms with van der Waals surface area (Å²) in [6, 6.07) is 10.6. The number of likely N-dealkylation sites (tertiary alicyclic amines) is 1. The average molecular weight is 315 g/mol. The van der Waals surface area contributed by atoms with Crippen molar-refractivity contribution < 1.29 is 4.79 Å². The Bertz CT molecular complexity index is 477. The molecule has 1 amide bonds. The van der Waals surface area contributed by atoms with E-state index in [2.05, 4.69) is 45.0 Å². The Hall–Kier alpha value is -1.39. The summed E-state index contributed by atoms with van der Waals surface area (Å²) in [6.07, 6.45) is 4.64. The topological polar surface area (TPSA) is 26.8 Å². The van der Waals surface area contributed by atoms with E-state index in [0.29, 0.717) is 12.3 Å². The van der Waals surface area contributed by atoms with Crippen LogP contribution in [0.2, 0.25) is 0 Å². The predicted octanol–water partition coefficient (Wildman–Crippen LogP) is 2.21. The van der Waals surface area contributed by atoms with Crippen LogP contribution < -0.4 is 0 Å². The van der Waals surface area contributed by atoms with Gasteiger partial charge in [0, 0.05) is 45.7 Å². The quantitative estimate of drug-likeness (QED) is 0.833. The van der Waals surface area contributed by atoms with Gasteiger partial charge in [-0.3, -0.25) is 9.69 Å². The Morgan fingerprint density at radius 2 is 1.52 bits per heavy atom. The molecule has 3 rings (SSSR count). The lowest BCUT2D eigenvalue weighted by Gasteiger charge is -2.35. The lowest BCUT2D eigenvalue weighted by molar-refractivity contribution is -0.133. The first-order valence-corrected chi connectivity index (χ1v) is 9.08. The Kier molecular flexibility index (Phi) is 6.06. The lowest BCUT2D eigenvalue weighted by atomic mass is 10.1. The van der Waals surface area contributed by atoms with E-state index >= 15 is 0 Å². The minimum Gasteiger partial charge on any atom is -0.340 e. The predicted molar refractivity (Wildman–Crippen MR) is 93.2 cm³/mol. The highest BCUT2D eigenvalue weighted by molar-refractivity contribution is 5.76. The highest BCUT2D eigenvalue weighted by Crippen LogP contribution is 2.11. The van der Waals surface area contributed by atoms with E-state index in [4.69, 9.17) is 0 Å². The van der Waals surface area contributed by atoms with Crippen LogP contribution in [0.5, 0.6) is 0 Å². The molecule has 2 aliphatic rings. The fourth-order valence-electron chi connectivity index (χ4n) is 3.59. The summed E-state index contributed by atoms with van der Waals surface area (Å²) in [5, 5.41) is 0. The second-order valence-corrected chi connectivity index (χ2v) is 6.79. The van der Waals surface area contributed by atoms with Gasteiger partial charge < -0.3 is 9.80 Å². The fraction of sp³-hybridized carbons (Fsp3) is 0.632. The Morgan fingerprint density at radius 3 is 2.22 bits per heavy atom. The molecule has 2 heterocycles. The number of piperazine rings is 1. The first-order valence-electron chi connectivity index (χ1n) is 9.08. The number of nitrogens with zero attached hydrogens (tertiary/aromatic N) is 3. The Balaban J connectivity index is 1.37. The third-order valence-corrected chi connectivity index (χ3v) is 5.06. The van der Waals surface area contributed by atoms with Gasteiger partial charge >= 0.3 is 0 Å². The third kappa shape index (κ3) is 5.05. The SMILES string of the molecule is O=C(CCN1CCCCC1)N1CCN(Cc2ccccc2)CC1. The summed E-state index contributed by atoms with van der Waals surface area (Å²) in [6.45, 7) is 8.04. The van der Waals surface area contributed by atoms with Gasteiger partial charge in [-0.05, 0) is 31.5 Å². The van der Waals surface area contributed by atoms with Gasteiger partial charge in [0.1, 0.15) is 0 Å². The third-order valence-electron chi connectivity index (χ3n) is 5.06. The number of rotatable bonds is 5. The van der Waals surface area contributed by atoms with E-state index in [0.717, 1.165) is 39.3 Å². The van der Waals surface area contributed by atoms with Gasteiger partial charge in [0.15, 0.2) is 0 Å². The number of hydrogen-bond donors (Lipinski definition) is 0. The zero-order chi connectivity index (χ0) is 15.9. The summed E-state index contributed by atoms with van der Waals surface area (Å²) in [5.41, 5.74) is 1.36. The number of benzene rings is 1. The highest BCUT2D eigenvalue weighted by Gasteiger charge is 2.21. The maximum absolute atomic E-state index is 12.4. The zero-order valence-corrected chi connectivity index (χ0v) is 14.1. The molecule has 0 bridgehead atoms. The lowest BCUT2D eigenvalue weighted by Crippen LogP contribution is -2.48. The van der Waals surface area contributed by atoms with Gasteiger partial charge in [0.2, 0.25) is 5.91 Å². The number of amides is 1. The van der Waals surface area contributed by atoms with Crippen molar-refractivity contribution in [3.05, 3.63) is 35.9 Å². The summed E-state index contributed by atoms with van der Waals surface area (Å²) in [7, 11) is 0. The van der Waals surface area contributed by atoms with Crippen molar-refractivity contribution >= 4 is 5.91 Å². The molecule has 2 fully saturated rings. The fourth-order valence-corrected chi connectivity index (χ4v) is 3.59. The molecule has 23 heavy (non-hydrogen) atoms. The molecule has 126 valence electrons. The molecule has 0 saturated carbocycles. The number of hydrogen-bond acceptors (Lipinski definition) is 3. The number of carbonyl (C=O) groups is 1. The van der Waals surface area contributed by atoms with E-state index in [1.807, 2.05) is 0 Å². The molecule has 0 N–H and O–H groups in total. The van der Waals surface area contributed by atoms with Gasteiger partial charge in [-0.25, -0.2) is 0 Å². The molecular weight excluding hydrogens is 286 g/mol. The zero-order valence-electron chi connectivity index (χ0n) is 14.1. The van der Waals surface area contributed by atoms with Gasteiger partial charge in [-0.2, -0.15) is 0 Å². The van der Waals surface area contributed by atoms with Crippen molar-refractivity contribution in [3.63, 3.8) is 0 Å². The van der Waals surface area contributed by atoms with E-state index in [1.165, 1.54) is 37.9 Å². The average Bonchev–Trinajstić information content (AvgIpc) is 2.62. The standard InChI is InChI=1S/C19H29N3O/c23-19(9-12-20-10-5-2-6-11-20)22-15-13-21(14-16-22)17-18-7-3-1-4-8-18/h1,3-4,7-8H,2,5-6,9-17H2. The summed E-state index contributed by atoms with van der Waals surface area (Å²) < 4.78 is 0. The number of carbonyl (C=O) groups excluding carboxylic acids is 1. The van der Waals surface area contributed by atoms with Crippen LogP contribution in [0.1, 0.15) is 31.2 Å². The van der Waals surface area contributed by atoms with Crippen molar-refractivity contribution in [1.29, 1.82) is 0 Å². The van der Waals surface area contributed by atoms with Gasteiger partial charge in [0.25, 0.3) is 0 Å². The van der Waals surface area contributed by atoms with Crippen LogP contribution in [0, 0.1) is 0 Å². The van der Waals surface area contributed by atoms with Gasteiger partial charge in [0.05, 0.1) is 0 Å². The Morgan fingerprint density at radius 1 is 0.826 bits per heavy atom. The Labute approximate surface area is 140 Å². The van der Waals surface area contributed by atoms with E-state index in [9.17, 15) is 4.79 Å². The van der Waals surface area contributed by atoms with Crippen LogP contribution >= 0.6 is 0 Å². The maximum Gasteiger partial charge on any atom is 0.223 e. The van der Waals surface area contributed by atoms with Crippen LogP contribution in [0.15, 0.2) is 30.3 Å². The molecule has 0 spiro atoms. The van der Waals surface area contributed by atoms with Crippen molar-refractivity contribution in [2.45, 2.75) is 32.2 Å². The van der Waals surface area contributed by atoms with E-state index in [1.54, 1.807) is 0 Å². The second-order valence-electron chi connectivity index (χ2n) is 6.79.